The lowest BCUT2D eigenvalue weighted by molar-refractivity contribution is 0.226. The number of nitrogens with zero attached hydrogens (tertiary/aromatic N) is 1. The van der Waals surface area contributed by atoms with E-state index in [1.807, 2.05) is 6.20 Å². The molecule has 0 spiro atoms. The van der Waals surface area contributed by atoms with Crippen LogP contribution < -0.4 is 5.32 Å². The number of hydrogen-bond donors (Lipinski definition) is 1. The fraction of sp³-hybridized carbons (Fsp3) is 0.667. The van der Waals surface area contributed by atoms with Gasteiger partial charge in [0.1, 0.15) is 0 Å². The smallest absolute Gasteiger partial charge is 0.0420 e. The quantitative estimate of drug-likeness (QED) is 0.915. The molecule has 0 aromatic carbocycles. The van der Waals surface area contributed by atoms with Crippen molar-refractivity contribution in [2.75, 3.05) is 7.05 Å². The van der Waals surface area contributed by atoms with Crippen molar-refractivity contribution >= 4 is 15.9 Å². The zero-order valence-corrected chi connectivity index (χ0v) is 12.9. The Morgan fingerprint density at radius 2 is 2.28 bits per heavy atom. The van der Waals surface area contributed by atoms with E-state index >= 15 is 0 Å². The number of rotatable bonds is 4. The molecule has 3 unspecified atom stereocenters. The van der Waals surface area contributed by atoms with Crippen LogP contribution in [0.3, 0.4) is 0 Å². The molecule has 18 heavy (non-hydrogen) atoms. The van der Waals surface area contributed by atoms with Crippen LogP contribution in [-0.2, 0) is 6.42 Å². The molecule has 1 aromatic heterocycles. The van der Waals surface area contributed by atoms with E-state index in [1.165, 1.54) is 31.4 Å². The maximum atomic E-state index is 4.49. The van der Waals surface area contributed by atoms with Crippen LogP contribution >= 0.6 is 15.9 Å². The lowest BCUT2D eigenvalue weighted by Crippen LogP contribution is -2.38. The number of aromatic nitrogens is 1. The van der Waals surface area contributed by atoms with Crippen molar-refractivity contribution in [2.24, 2.45) is 11.8 Å². The van der Waals surface area contributed by atoms with Gasteiger partial charge in [0, 0.05) is 28.8 Å². The Kier molecular flexibility index (Phi) is 5.19. The standard InChI is InChI=1S/C15H23BrN2/c1-11-4-3-5-12(8-11)15(17-2)9-14-7-6-13(16)10-18-14/h6-7,10-12,15,17H,3-5,8-9H2,1-2H3. The predicted octanol–water partition coefficient (Wildman–Crippen LogP) is 3.80. The summed E-state index contributed by atoms with van der Waals surface area (Å²) in [5.41, 5.74) is 1.19. The molecule has 1 fully saturated rings. The van der Waals surface area contributed by atoms with E-state index in [0.29, 0.717) is 6.04 Å². The largest absolute Gasteiger partial charge is 0.316 e. The molecule has 1 aliphatic carbocycles. The minimum atomic E-state index is 0.571. The number of pyridine rings is 1. The van der Waals surface area contributed by atoms with E-state index in [1.54, 1.807) is 0 Å². The van der Waals surface area contributed by atoms with E-state index in [-0.39, 0.29) is 0 Å². The molecular formula is C15H23BrN2. The second kappa shape index (κ2) is 6.67. The van der Waals surface area contributed by atoms with Gasteiger partial charge in [-0.05, 0) is 59.8 Å². The molecule has 1 aromatic rings. The highest BCUT2D eigenvalue weighted by Gasteiger charge is 2.25. The normalized spacial score (nSPS) is 25.9. The average Bonchev–Trinajstić information content (AvgIpc) is 2.38. The second-order valence-electron chi connectivity index (χ2n) is 5.60. The van der Waals surface area contributed by atoms with Crippen molar-refractivity contribution in [1.82, 2.24) is 10.3 Å². The lowest BCUT2D eigenvalue weighted by atomic mass is 9.77. The van der Waals surface area contributed by atoms with Gasteiger partial charge in [0.05, 0.1) is 0 Å². The monoisotopic (exact) mass is 310 g/mol. The molecule has 100 valence electrons. The van der Waals surface area contributed by atoms with Crippen LogP contribution in [0.4, 0.5) is 0 Å². The van der Waals surface area contributed by atoms with Gasteiger partial charge in [-0.1, -0.05) is 19.8 Å². The third-order valence-corrected chi connectivity index (χ3v) is 4.60. The second-order valence-corrected chi connectivity index (χ2v) is 6.51. The van der Waals surface area contributed by atoms with Gasteiger partial charge in [-0.2, -0.15) is 0 Å². The Labute approximate surface area is 119 Å². The molecule has 1 aliphatic rings. The summed E-state index contributed by atoms with van der Waals surface area (Å²) in [6, 6.07) is 4.78. The number of nitrogens with one attached hydrogen (secondary N) is 1. The third kappa shape index (κ3) is 3.79. The van der Waals surface area contributed by atoms with Crippen molar-refractivity contribution in [2.45, 2.75) is 45.1 Å². The van der Waals surface area contributed by atoms with Crippen LogP contribution in [0.5, 0.6) is 0 Å². The van der Waals surface area contributed by atoms with E-state index < -0.39 is 0 Å². The third-order valence-electron chi connectivity index (χ3n) is 4.13. The maximum Gasteiger partial charge on any atom is 0.0420 e. The van der Waals surface area contributed by atoms with Gasteiger partial charge in [-0.25, -0.2) is 0 Å². The van der Waals surface area contributed by atoms with Crippen molar-refractivity contribution in [1.29, 1.82) is 0 Å². The summed E-state index contributed by atoms with van der Waals surface area (Å²) in [7, 11) is 2.09. The molecule has 3 atom stereocenters. The maximum absolute atomic E-state index is 4.49. The number of hydrogen-bond acceptors (Lipinski definition) is 2. The zero-order valence-electron chi connectivity index (χ0n) is 11.3. The van der Waals surface area contributed by atoms with Gasteiger partial charge in [0.25, 0.3) is 0 Å². The van der Waals surface area contributed by atoms with Crippen LogP contribution in [0.2, 0.25) is 0 Å². The van der Waals surface area contributed by atoms with Crippen LogP contribution in [0, 0.1) is 11.8 Å². The Morgan fingerprint density at radius 3 is 2.89 bits per heavy atom. The summed E-state index contributed by atoms with van der Waals surface area (Å²) in [4.78, 5) is 4.49. The van der Waals surface area contributed by atoms with E-state index in [4.69, 9.17) is 0 Å². The molecular weight excluding hydrogens is 288 g/mol. The van der Waals surface area contributed by atoms with Gasteiger partial charge in [-0.15, -0.1) is 0 Å². The Hall–Kier alpha value is -0.410. The minimum Gasteiger partial charge on any atom is -0.316 e. The molecule has 0 aliphatic heterocycles. The van der Waals surface area contributed by atoms with E-state index in [2.05, 4.69) is 52.3 Å². The van der Waals surface area contributed by atoms with E-state index in [0.717, 1.165) is 22.7 Å². The van der Waals surface area contributed by atoms with Crippen molar-refractivity contribution in [3.8, 4) is 0 Å². The molecule has 0 amide bonds. The zero-order chi connectivity index (χ0) is 13.0. The van der Waals surface area contributed by atoms with Gasteiger partial charge in [0.2, 0.25) is 0 Å². The van der Waals surface area contributed by atoms with Crippen LogP contribution in [-0.4, -0.2) is 18.1 Å². The fourth-order valence-electron chi connectivity index (χ4n) is 3.10. The summed E-state index contributed by atoms with van der Waals surface area (Å²) in [5.74, 6) is 1.70. The molecule has 1 N–H and O–H groups in total. The summed E-state index contributed by atoms with van der Waals surface area (Å²) in [6.07, 6.45) is 8.46. The lowest BCUT2D eigenvalue weighted by Gasteiger charge is -2.33. The average molecular weight is 311 g/mol. The van der Waals surface area contributed by atoms with Crippen molar-refractivity contribution in [3.05, 3.63) is 28.5 Å². The molecule has 2 rings (SSSR count). The first-order chi connectivity index (χ1) is 8.69. The van der Waals surface area contributed by atoms with Gasteiger partial charge < -0.3 is 5.32 Å². The molecule has 3 heteroatoms. The highest BCUT2D eigenvalue weighted by molar-refractivity contribution is 9.10. The Balaban J connectivity index is 1.98. The summed E-state index contributed by atoms with van der Waals surface area (Å²) < 4.78 is 1.05. The summed E-state index contributed by atoms with van der Waals surface area (Å²) in [5, 5.41) is 3.50. The first-order valence-electron chi connectivity index (χ1n) is 6.96. The summed E-state index contributed by atoms with van der Waals surface area (Å²) in [6.45, 7) is 2.39. The molecule has 2 nitrogen and oxygen atoms in total. The number of likely N-dealkylation sites (N-methyl/N-ethyl adjacent to an activating group) is 1. The van der Waals surface area contributed by atoms with Gasteiger partial charge in [0.15, 0.2) is 0 Å². The Bertz CT molecular complexity index is 363. The first-order valence-corrected chi connectivity index (χ1v) is 7.76. The minimum absolute atomic E-state index is 0.571. The molecule has 0 saturated heterocycles. The Morgan fingerprint density at radius 1 is 1.44 bits per heavy atom. The van der Waals surface area contributed by atoms with Crippen LogP contribution in [0.25, 0.3) is 0 Å². The topological polar surface area (TPSA) is 24.9 Å². The SMILES string of the molecule is CNC(Cc1ccc(Br)cn1)C1CCCC(C)C1. The fourth-order valence-corrected chi connectivity index (χ4v) is 3.34. The number of halogens is 1. The van der Waals surface area contributed by atoms with Crippen LogP contribution in [0.15, 0.2) is 22.8 Å². The van der Waals surface area contributed by atoms with Crippen molar-refractivity contribution in [3.63, 3.8) is 0 Å². The van der Waals surface area contributed by atoms with Crippen molar-refractivity contribution < 1.29 is 0 Å². The molecule has 1 saturated carbocycles. The van der Waals surface area contributed by atoms with Gasteiger partial charge >= 0.3 is 0 Å². The molecule has 1 heterocycles. The van der Waals surface area contributed by atoms with Gasteiger partial charge in [-0.3, -0.25) is 4.98 Å². The highest BCUT2D eigenvalue weighted by atomic mass is 79.9. The molecule has 0 radical (unpaired) electrons. The molecule has 0 bridgehead atoms. The first kappa shape index (κ1) is 14.0. The summed E-state index contributed by atoms with van der Waals surface area (Å²) >= 11 is 3.44. The predicted molar refractivity (Wildman–Crippen MR) is 79.6 cm³/mol. The highest BCUT2D eigenvalue weighted by Crippen LogP contribution is 2.31. The van der Waals surface area contributed by atoms with E-state index in [9.17, 15) is 0 Å². The van der Waals surface area contributed by atoms with Crippen LogP contribution in [0.1, 0.15) is 38.3 Å².